The Labute approximate surface area is 117 Å². The Bertz CT molecular complexity index is 498. The molecule has 1 saturated heterocycles. The molecule has 2 amide bonds. The van der Waals surface area contributed by atoms with Crippen molar-refractivity contribution >= 4 is 39.1 Å². The predicted molar refractivity (Wildman–Crippen MR) is 72.1 cm³/mol. The number of piperazine rings is 1. The molecule has 4 nitrogen and oxygen atoms in total. The van der Waals surface area contributed by atoms with Crippen molar-refractivity contribution in [1.82, 2.24) is 10.2 Å². The van der Waals surface area contributed by atoms with Crippen molar-refractivity contribution in [3.8, 4) is 0 Å². The maximum absolute atomic E-state index is 12.0. The van der Waals surface area contributed by atoms with Gasteiger partial charge in [0.05, 0.1) is 13.1 Å². The Morgan fingerprint density at radius 2 is 2.22 bits per heavy atom. The first kappa shape index (κ1) is 12.2. The van der Waals surface area contributed by atoms with E-state index in [0.29, 0.717) is 12.5 Å². The molecule has 1 aliphatic carbocycles. The summed E-state index contributed by atoms with van der Waals surface area (Å²) < 4.78 is 1.03. The molecule has 2 heterocycles. The molecule has 1 unspecified atom stereocenters. The Morgan fingerprint density at radius 3 is 2.83 bits per heavy atom. The van der Waals surface area contributed by atoms with Crippen molar-refractivity contribution in [3.63, 3.8) is 0 Å². The zero-order valence-electron chi connectivity index (χ0n) is 9.69. The van der Waals surface area contributed by atoms with E-state index in [0.717, 1.165) is 22.2 Å². The van der Waals surface area contributed by atoms with Gasteiger partial charge in [-0.1, -0.05) is 0 Å². The van der Waals surface area contributed by atoms with E-state index in [1.54, 1.807) is 16.2 Å². The fourth-order valence-electron chi connectivity index (χ4n) is 2.34. The third kappa shape index (κ3) is 2.31. The summed E-state index contributed by atoms with van der Waals surface area (Å²) in [5.74, 6) is 0.390. The molecular formula is C12H13BrN2O2S. The van der Waals surface area contributed by atoms with Gasteiger partial charge in [0, 0.05) is 14.7 Å². The zero-order valence-corrected chi connectivity index (χ0v) is 12.1. The second-order valence-electron chi connectivity index (χ2n) is 4.75. The van der Waals surface area contributed by atoms with Crippen LogP contribution in [0.4, 0.5) is 0 Å². The molecule has 2 fully saturated rings. The molecular weight excluding hydrogens is 316 g/mol. The minimum absolute atomic E-state index is 0.00715. The van der Waals surface area contributed by atoms with Crippen LogP contribution in [0.1, 0.15) is 17.7 Å². The average Bonchev–Trinajstić information content (AvgIpc) is 3.08. The van der Waals surface area contributed by atoms with E-state index in [1.807, 2.05) is 11.4 Å². The molecule has 6 heteroatoms. The van der Waals surface area contributed by atoms with Gasteiger partial charge in [0.1, 0.15) is 6.04 Å². The third-order valence-electron chi connectivity index (χ3n) is 3.36. The van der Waals surface area contributed by atoms with E-state index >= 15 is 0 Å². The van der Waals surface area contributed by atoms with Crippen molar-refractivity contribution in [1.29, 1.82) is 0 Å². The average molecular weight is 329 g/mol. The van der Waals surface area contributed by atoms with Crippen molar-refractivity contribution in [2.75, 3.05) is 6.54 Å². The summed E-state index contributed by atoms with van der Waals surface area (Å²) in [6.45, 7) is 0.679. The number of nitrogens with one attached hydrogen (secondary N) is 1. The summed E-state index contributed by atoms with van der Waals surface area (Å²) in [4.78, 5) is 26.8. The highest BCUT2D eigenvalue weighted by Gasteiger charge is 2.44. The van der Waals surface area contributed by atoms with Gasteiger partial charge in [-0.15, -0.1) is 11.3 Å². The number of amides is 2. The van der Waals surface area contributed by atoms with E-state index in [2.05, 4.69) is 21.2 Å². The molecule has 2 aliphatic rings. The van der Waals surface area contributed by atoms with Gasteiger partial charge in [-0.05, 0) is 40.8 Å². The lowest BCUT2D eigenvalue weighted by Crippen LogP contribution is -2.58. The van der Waals surface area contributed by atoms with Crippen LogP contribution >= 0.6 is 27.3 Å². The Balaban J connectivity index is 1.81. The molecule has 96 valence electrons. The minimum atomic E-state index is -0.257. The number of hydrogen-bond acceptors (Lipinski definition) is 3. The number of nitrogens with zero attached hydrogens (tertiary/aromatic N) is 1. The molecule has 1 saturated carbocycles. The first-order valence-corrected chi connectivity index (χ1v) is 7.62. The topological polar surface area (TPSA) is 49.4 Å². The van der Waals surface area contributed by atoms with E-state index in [4.69, 9.17) is 0 Å². The molecule has 0 bridgehead atoms. The quantitative estimate of drug-likeness (QED) is 0.918. The summed E-state index contributed by atoms with van der Waals surface area (Å²) in [6.07, 6.45) is 2.10. The Kier molecular flexibility index (Phi) is 3.15. The van der Waals surface area contributed by atoms with Crippen molar-refractivity contribution in [2.45, 2.75) is 25.4 Å². The molecule has 1 aromatic heterocycles. The second-order valence-corrected chi connectivity index (χ2v) is 6.66. The van der Waals surface area contributed by atoms with Gasteiger partial charge < -0.3 is 10.2 Å². The fourth-order valence-corrected chi connectivity index (χ4v) is 3.79. The summed E-state index contributed by atoms with van der Waals surface area (Å²) >= 11 is 5.02. The maximum atomic E-state index is 12.0. The number of halogens is 1. The lowest BCUT2D eigenvalue weighted by atomic mass is 10.1. The lowest BCUT2D eigenvalue weighted by Gasteiger charge is -2.34. The largest absolute Gasteiger partial charge is 0.345 e. The van der Waals surface area contributed by atoms with Gasteiger partial charge in [-0.3, -0.25) is 9.59 Å². The molecule has 1 aliphatic heterocycles. The highest BCUT2D eigenvalue weighted by Crippen LogP contribution is 2.37. The van der Waals surface area contributed by atoms with Gasteiger partial charge in [0.2, 0.25) is 11.8 Å². The molecule has 0 spiro atoms. The normalized spacial score (nSPS) is 24.3. The van der Waals surface area contributed by atoms with Crippen LogP contribution in [0.15, 0.2) is 15.9 Å². The molecule has 18 heavy (non-hydrogen) atoms. The van der Waals surface area contributed by atoms with Gasteiger partial charge in [-0.25, -0.2) is 0 Å². The lowest BCUT2D eigenvalue weighted by molar-refractivity contribution is -0.147. The maximum Gasteiger partial charge on any atom is 0.243 e. The summed E-state index contributed by atoms with van der Waals surface area (Å²) in [6, 6.07) is 1.75. The van der Waals surface area contributed by atoms with Crippen LogP contribution in [-0.2, 0) is 16.1 Å². The second kappa shape index (κ2) is 4.66. The zero-order chi connectivity index (χ0) is 12.7. The van der Waals surface area contributed by atoms with Crippen molar-refractivity contribution < 1.29 is 9.59 Å². The summed E-state index contributed by atoms with van der Waals surface area (Å²) in [5.41, 5.74) is 0. The monoisotopic (exact) mass is 328 g/mol. The predicted octanol–water partition coefficient (Wildman–Crippen LogP) is 1.75. The standard InChI is InChI=1S/C12H13BrN2O2S/c13-8-3-9(18-6-8)5-15-10(16)4-14-12(17)11(15)7-1-2-7/h3,6-7,11H,1-2,4-5H2,(H,14,17). The number of carbonyl (C=O) groups is 2. The van der Waals surface area contributed by atoms with Gasteiger partial charge in [0.25, 0.3) is 0 Å². The minimum Gasteiger partial charge on any atom is -0.345 e. The third-order valence-corrected chi connectivity index (χ3v) is 5.04. The Morgan fingerprint density at radius 1 is 1.44 bits per heavy atom. The smallest absolute Gasteiger partial charge is 0.243 e. The van der Waals surface area contributed by atoms with Crippen molar-refractivity contribution in [3.05, 3.63) is 20.8 Å². The van der Waals surface area contributed by atoms with E-state index < -0.39 is 0 Å². The molecule has 1 atom stereocenters. The molecule has 1 N–H and O–H groups in total. The van der Waals surface area contributed by atoms with Gasteiger partial charge in [0.15, 0.2) is 0 Å². The number of rotatable bonds is 3. The summed E-state index contributed by atoms with van der Waals surface area (Å²) in [7, 11) is 0. The highest BCUT2D eigenvalue weighted by atomic mass is 79.9. The Hall–Kier alpha value is -0.880. The molecule has 3 rings (SSSR count). The number of carbonyl (C=O) groups excluding carboxylic acids is 2. The van der Waals surface area contributed by atoms with Crippen LogP contribution in [-0.4, -0.2) is 29.3 Å². The van der Waals surface area contributed by atoms with Crippen molar-refractivity contribution in [2.24, 2.45) is 5.92 Å². The van der Waals surface area contributed by atoms with E-state index in [-0.39, 0.29) is 24.4 Å². The molecule has 0 aromatic carbocycles. The SMILES string of the molecule is O=C1NCC(=O)N(Cc2cc(Br)cs2)C1C1CC1. The van der Waals surface area contributed by atoms with Gasteiger partial charge >= 0.3 is 0 Å². The number of thiophene rings is 1. The first-order chi connectivity index (χ1) is 8.65. The van der Waals surface area contributed by atoms with Crippen LogP contribution in [0.5, 0.6) is 0 Å². The number of hydrogen-bond donors (Lipinski definition) is 1. The highest BCUT2D eigenvalue weighted by molar-refractivity contribution is 9.10. The summed E-state index contributed by atoms with van der Waals surface area (Å²) in [5, 5.41) is 4.68. The first-order valence-electron chi connectivity index (χ1n) is 5.95. The van der Waals surface area contributed by atoms with Crippen LogP contribution in [0.2, 0.25) is 0 Å². The van der Waals surface area contributed by atoms with Gasteiger partial charge in [-0.2, -0.15) is 0 Å². The van der Waals surface area contributed by atoms with Crippen LogP contribution in [0.3, 0.4) is 0 Å². The van der Waals surface area contributed by atoms with E-state index in [1.165, 1.54) is 0 Å². The molecule has 1 aromatic rings. The van der Waals surface area contributed by atoms with Crippen LogP contribution in [0.25, 0.3) is 0 Å². The van der Waals surface area contributed by atoms with Crippen LogP contribution in [0, 0.1) is 5.92 Å². The molecule has 0 radical (unpaired) electrons. The van der Waals surface area contributed by atoms with E-state index in [9.17, 15) is 9.59 Å². The van der Waals surface area contributed by atoms with Crippen LogP contribution < -0.4 is 5.32 Å². The fraction of sp³-hybridized carbons (Fsp3) is 0.500.